The Bertz CT molecular complexity index is 910. The molecule has 3 rings (SSSR count). The second-order valence-electron chi connectivity index (χ2n) is 5.65. The predicted octanol–water partition coefficient (Wildman–Crippen LogP) is 5.96. The summed E-state index contributed by atoms with van der Waals surface area (Å²) in [5, 5.41) is 11.2. The molecule has 0 fully saturated rings. The highest BCUT2D eigenvalue weighted by atomic mass is 35.5. The van der Waals surface area contributed by atoms with Gasteiger partial charge in [-0.3, -0.25) is 0 Å². The number of rotatable bonds is 6. The normalized spacial score (nSPS) is 11.0. The zero-order chi connectivity index (χ0) is 18.7. The second kappa shape index (κ2) is 8.53. The maximum atomic E-state index is 6.21. The van der Waals surface area contributed by atoms with Gasteiger partial charge in [0.2, 0.25) is 0 Å². The number of hydrogen-bond acceptors (Lipinski definition) is 4. The number of nitrogens with zero attached hydrogens (tertiary/aromatic N) is 3. The molecular weight excluding hydrogens is 413 g/mol. The van der Waals surface area contributed by atoms with Crippen molar-refractivity contribution in [1.82, 2.24) is 14.8 Å². The molecule has 3 aromatic rings. The van der Waals surface area contributed by atoms with Crippen LogP contribution in [0.2, 0.25) is 15.1 Å². The van der Waals surface area contributed by atoms with Gasteiger partial charge in [0.15, 0.2) is 11.0 Å². The van der Waals surface area contributed by atoms with E-state index in [-0.39, 0.29) is 0 Å². The summed E-state index contributed by atoms with van der Waals surface area (Å²) in [5.41, 5.74) is 1.86. The summed E-state index contributed by atoms with van der Waals surface area (Å²) in [6, 6.07) is 11.0. The summed E-state index contributed by atoms with van der Waals surface area (Å²) in [6.45, 7) is 2.27. The van der Waals surface area contributed by atoms with Gasteiger partial charge < -0.3 is 9.30 Å². The molecule has 0 bridgehead atoms. The van der Waals surface area contributed by atoms with E-state index in [0.717, 1.165) is 27.9 Å². The molecule has 0 aliphatic carbocycles. The van der Waals surface area contributed by atoms with Crippen molar-refractivity contribution >= 4 is 46.6 Å². The van der Waals surface area contributed by atoms with E-state index in [9.17, 15) is 0 Å². The number of aryl methyl sites for hydroxylation is 1. The van der Waals surface area contributed by atoms with Crippen LogP contribution in [0, 0.1) is 6.92 Å². The van der Waals surface area contributed by atoms with E-state index in [0.29, 0.717) is 27.4 Å². The van der Waals surface area contributed by atoms with E-state index in [2.05, 4.69) is 10.2 Å². The first-order valence-electron chi connectivity index (χ1n) is 7.78. The van der Waals surface area contributed by atoms with E-state index < -0.39 is 0 Å². The maximum Gasteiger partial charge on any atom is 0.191 e. The smallest absolute Gasteiger partial charge is 0.191 e. The van der Waals surface area contributed by atoms with Crippen LogP contribution >= 0.6 is 46.6 Å². The van der Waals surface area contributed by atoms with E-state index >= 15 is 0 Å². The minimum absolute atomic E-state index is 0.319. The Balaban J connectivity index is 1.66. The third-order valence-electron chi connectivity index (χ3n) is 3.83. The molecule has 0 unspecified atom stereocenters. The van der Waals surface area contributed by atoms with Crippen molar-refractivity contribution in [3.8, 4) is 5.75 Å². The molecule has 136 valence electrons. The third kappa shape index (κ3) is 4.46. The van der Waals surface area contributed by atoms with E-state index in [4.69, 9.17) is 39.5 Å². The molecule has 0 spiro atoms. The van der Waals surface area contributed by atoms with Crippen LogP contribution in [0.1, 0.15) is 17.0 Å². The van der Waals surface area contributed by atoms with Gasteiger partial charge in [-0.15, -0.1) is 10.2 Å². The SMILES string of the molecule is Cc1cc(Cl)ccc1OCc1nnc(SCc2c(Cl)cccc2Cl)n1C. The van der Waals surface area contributed by atoms with Crippen LogP contribution in [-0.2, 0) is 19.4 Å². The Morgan fingerprint density at radius 3 is 2.50 bits per heavy atom. The van der Waals surface area contributed by atoms with Crippen molar-refractivity contribution in [2.45, 2.75) is 24.4 Å². The van der Waals surface area contributed by atoms with E-state index in [1.165, 1.54) is 11.8 Å². The van der Waals surface area contributed by atoms with Gasteiger partial charge in [0.1, 0.15) is 12.4 Å². The molecule has 1 aromatic heterocycles. The highest BCUT2D eigenvalue weighted by molar-refractivity contribution is 7.98. The van der Waals surface area contributed by atoms with Crippen LogP contribution in [0.3, 0.4) is 0 Å². The second-order valence-corrected chi connectivity index (χ2v) is 7.84. The summed E-state index contributed by atoms with van der Waals surface area (Å²) in [7, 11) is 1.91. The highest BCUT2D eigenvalue weighted by Gasteiger charge is 2.13. The number of thioether (sulfide) groups is 1. The van der Waals surface area contributed by atoms with E-state index in [1.54, 1.807) is 6.07 Å². The summed E-state index contributed by atoms with van der Waals surface area (Å²) >= 11 is 19.9. The molecule has 0 radical (unpaired) electrons. The lowest BCUT2D eigenvalue weighted by molar-refractivity contribution is 0.288. The maximum absolute atomic E-state index is 6.21. The van der Waals surface area contributed by atoms with Gasteiger partial charge in [-0.25, -0.2) is 0 Å². The lowest BCUT2D eigenvalue weighted by Gasteiger charge is -2.09. The van der Waals surface area contributed by atoms with Gasteiger partial charge in [-0.1, -0.05) is 52.6 Å². The average molecular weight is 429 g/mol. The van der Waals surface area contributed by atoms with Crippen molar-refractivity contribution in [3.63, 3.8) is 0 Å². The van der Waals surface area contributed by atoms with Gasteiger partial charge in [-0.2, -0.15) is 0 Å². The number of ether oxygens (including phenoxy) is 1. The quantitative estimate of drug-likeness (QED) is 0.454. The average Bonchev–Trinajstić information content (AvgIpc) is 2.94. The topological polar surface area (TPSA) is 39.9 Å². The fraction of sp³-hybridized carbons (Fsp3) is 0.222. The zero-order valence-electron chi connectivity index (χ0n) is 14.2. The summed E-state index contributed by atoms with van der Waals surface area (Å²) in [5.74, 6) is 2.11. The molecule has 1 heterocycles. The number of halogens is 3. The lowest BCUT2D eigenvalue weighted by atomic mass is 10.2. The molecule has 26 heavy (non-hydrogen) atoms. The van der Waals surface area contributed by atoms with Gasteiger partial charge >= 0.3 is 0 Å². The third-order valence-corrected chi connectivity index (χ3v) is 5.82. The van der Waals surface area contributed by atoms with Crippen LogP contribution in [0.4, 0.5) is 0 Å². The Hall–Kier alpha value is -1.40. The van der Waals surface area contributed by atoms with Crippen molar-refractivity contribution in [1.29, 1.82) is 0 Å². The number of benzene rings is 2. The van der Waals surface area contributed by atoms with Crippen LogP contribution in [0.15, 0.2) is 41.6 Å². The molecular formula is C18H16Cl3N3OS. The fourth-order valence-electron chi connectivity index (χ4n) is 2.32. The Labute approximate surface area is 171 Å². The number of aromatic nitrogens is 3. The van der Waals surface area contributed by atoms with Crippen LogP contribution in [0.5, 0.6) is 5.75 Å². The van der Waals surface area contributed by atoms with Crippen molar-refractivity contribution in [3.05, 3.63) is 68.4 Å². The molecule has 8 heteroatoms. The molecule has 0 atom stereocenters. The minimum Gasteiger partial charge on any atom is -0.485 e. The minimum atomic E-state index is 0.319. The predicted molar refractivity (Wildman–Crippen MR) is 108 cm³/mol. The summed E-state index contributed by atoms with van der Waals surface area (Å²) < 4.78 is 7.74. The lowest BCUT2D eigenvalue weighted by Crippen LogP contribution is -2.05. The summed E-state index contributed by atoms with van der Waals surface area (Å²) in [4.78, 5) is 0. The number of hydrogen-bond donors (Lipinski definition) is 0. The Morgan fingerprint density at radius 1 is 1.08 bits per heavy atom. The molecule has 0 N–H and O–H groups in total. The molecule has 0 saturated heterocycles. The van der Waals surface area contributed by atoms with Gasteiger partial charge in [0.25, 0.3) is 0 Å². The standard InChI is InChI=1S/C18H16Cl3N3OS/c1-11-8-12(19)6-7-16(11)25-9-17-22-23-18(24(17)2)26-10-13-14(20)4-3-5-15(13)21/h3-8H,9-10H2,1-2H3. The molecule has 2 aromatic carbocycles. The van der Waals surface area contributed by atoms with Crippen molar-refractivity contribution in [2.24, 2.45) is 7.05 Å². The first-order chi connectivity index (χ1) is 12.5. The van der Waals surface area contributed by atoms with Gasteiger partial charge in [0, 0.05) is 27.9 Å². The molecule has 0 aliphatic heterocycles. The van der Waals surface area contributed by atoms with Crippen molar-refractivity contribution in [2.75, 3.05) is 0 Å². The monoisotopic (exact) mass is 427 g/mol. The molecule has 0 aliphatic rings. The Kier molecular flexibility index (Phi) is 6.35. The highest BCUT2D eigenvalue weighted by Crippen LogP contribution is 2.31. The first-order valence-corrected chi connectivity index (χ1v) is 9.90. The largest absolute Gasteiger partial charge is 0.485 e. The zero-order valence-corrected chi connectivity index (χ0v) is 17.3. The van der Waals surface area contributed by atoms with Gasteiger partial charge in [-0.05, 0) is 48.4 Å². The first kappa shape index (κ1) is 19.4. The fourth-order valence-corrected chi connectivity index (χ4v) is 4.22. The van der Waals surface area contributed by atoms with Gasteiger partial charge in [0.05, 0.1) is 0 Å². The molecule has 0 saturated carbocycles. The van der Waals surface area contributed by atoms with Crippen LogP contribution in [-0.4, -0.2) is 14.8 Å². The Morgan fingerprint density at radius 2 is 1.81 bits per heavy atom. The van der Waals surface area contributed by atoms with Crippen LogP contribution in [0.25, 0.3) is 0 Å². The molecule has 4 nitrogen and oxygen atoms in total. The van der Waals surface area contributed by atoms with Crippen molar-refractivity contribution < 1.29 is 4.74 Å². The van der Waals surface area contributed by atoms with E-state index in [1.807, 2.05) is 48.9 Å². The van der Waals surface area contributed by atoms with Crippen LogP contribution < -0.4 is 4.74 Å². The molecule has 0 amide bonds. The summed E-state index contributed by atoms with van der Waals surface area (Å²) in [6.07, 6.45) is 0.